The molecule has 88 valence electrons. The first-order valence-electron chi connectivity index (χ1n) is 5.23. The number of rotatable bonds is 5. The number of pyridine rings is 1. The van der Waals surface area contributed by atoms with Crippen LogP contribution in [0.15, 0.2) is 30.7 Å². The van der Waals surface area contributed by atoms with E-state index in [1.54, 1.807) is 30.7 Å². The van der Waals surface area contributed by atoms with Gasteiger partial charge in [-0.3, -0.25) is 9.78 Å². The highest BCUT2D eigenvalue weighted by Gasteiger charge is 2.02. The van der Waals surface area contributed by atoms with E-state index in [-0.39, 0.29) is 5.69 Å². The molecule has 4 N–H and O–H groups in total. The van der Waals surface area contributed by atoms with Crippen molar-refractivity contribution in [3.63, 3.8) is 0 Å². The minimum Gasteiger partial charge on any atom is -0.384 e. The predicted octanol–water partition coefficient (Wildman–Crippen LogP) is 0.558. The number of nitrogens with zero attached hydrogens (tertiary/aromatic N) is 2. The molecule has 0 aliphatic heterocycles. The number of nitrogens with two attached hydrogens (primary N) is 1. The van der Waals surface area contributed by atoms with Crippen LogP contribution in [0.2, 0.25) is 0 Å². The van der Waals surface area contributed by atoms with Gasteiger partial charge in [-0.2, -0.15) is 0 Å². The summed E-state index contributed by atoms with van der Waals surface area (Å²) in [5, 5.41) is 3.17. The molecule has 0 saturated heterocycles. The number of amides is 1. The smallest absolute Gasteiger partial charge is 0.267 e. The van der Waals surface area contributed by atoms with Gasteiger partial charge in [0.1, 0.15) is 11.5 Å². The number of hydrogen-bond acceptors (Lipinski definition) is 4. The molecular weight excluding hydrogens is 218 g/mol. The van der Waals surface area contributed by atoms with Crippen LogP contribution in [0.5, 0.6) is 0 Å². The van der Waals surface area contributed by atoms with E-state index in [0.717, 1.165) is 24.5 Å². The molecule has 2 aromatic rings. The van der Waals surface area contributed by atoms with Crippen molar-refractivity contribution in [1.29, 1.82) is 0 Å². The number of primary amides is 1. The molecule has 0 aromatic carbocycles. The molecule has 0 aliphatic carbocycles. The molecule has 0 fully saturated rings. The van der Waals surface area contributed by atoms with Gasteiger partial charge in [0.15, 0.2) is 0 Å². The lowest BCUT2D eigenvalue weighted by molar-refractivity contribution is 0.0995. The van der Waals surface area contributed by atoms with Crippen molar-refractivity contribution < 1.29 is 4.79 Å². The lowest BCUT2D eigenvalue weighted by Crippen LogP contribution is -2.14. The van der Waals surface area contributed by atoms with E-state index in [1.807, 2.05) is 0 Å². The predicted molar refractivity (Wildman–Crippen MR) is 63.5 cm³/mol. The standard InChI is InChI=1S/C11H13N5O/c12-11(17)9-7-8(1-3-14-9)13-4-2-10-15-5-6-16-10/h1,3,5-7H,2,4H2,(H2,12,17)(H,13,14)(H,15,16). The number of carbonyl (C=O) groups excluding carboxylic acids is 1. The van der Waals surface area contributed by atoms with Gasteiger partial charge in [-0.05, 0) is 12.1 Å². The molecule has 2 rings (SSSR count). The van der Waals surface area contributed by atoms with Crippen molar-refractivity contribution in [3.05, 3.63) is 42.2 Å². The topological polar surface area (TPSA) is 96.7 Å². The molecular formula is C11H13N5O. The molecule has 6 heteroatoms. The van der Waals surface area contributed by atoms with Crippen LogP contribution >= 0.6 is 0 Å². The average Bonchev–Trinajstić information content (AvgIpc) is 2.82. The maximum atomic E-state index is 10.9. The fourth-order valence-corrected chi connectivity index (χ4v) is 1.44. The average molecular weight is 231 g/mol. The van der Waals surface area contributed by atoms with E-state index in [2.05, 4.69) is 20.3 Å². The second-order valence-electron chi connectivity index (χ2n) is 3.51. The minimum atomic E-state index is -0.528. The number of H-pyrrole nitrogens is 1. The monoisotopic (exact) mass is 231 g/mol. The van der Waals surface area contributed by atoms with Gasteiger partial charge >= 0.3 is 0 Å². The van der Waals surface area contributed by atoms with Crippen LogP contribution < -0.4 is 11.1 Å². The lowest BCUT2D eigenvalue weighted by Gasteiger charge is -2.05. The Balaban J connectivity index is 1.90. The molecule has 2 heterocycles. The van der Waals surface area contributed by atoms with Gasteiger partial charge < -0.3 is 16.0 Å². The number of aromatic nitrogens is 3. The molecule has 17 heavy (non-hydrogen) atoms. The SMILES string of the molecule is NC(=O)c1cc(NCCc2ncc[nH]2)ccn1. The molecule has 0 bridgehead atoms. The van der Waals surface area contributed by atoms with Gasteiger partial charge in [0.05, 0.1) is 0 Å². The Morgan fingerprint density at radius 3 is 3.00 bits per heavy atom. The number of aromatic amines is 1. The summed E-state index contributed by atoms with van der Waals surface area (Å²) in [4.78, 5) is 21.9. The van der Waals surface area contributed by atoms with Gasteiger partial charge in [0.2, 0.25) is 0 Å². The fourth-order valence-electron chi connectivity index (χ4n) is 1.44. The highest BCUT2D eigenvalue weighted by atomic mass is 16.1. The summed E-state index contributed by atoms with van der Waals surface area (Å²) in [5.41, 5.74) is 6.22. The summed E-state index contributed by atoms with van der Waals surface area (Å²) >= 11 is 0. The second-order valence-corrected chi connectivity index (χ2v) is 3.51. The van der Waals surface area contributed by atoms with E-state index in [4.69, 9.17) is 5.73 Å². The maximum Gasteiger partial charge on any atom is 0.267 e. The van der Waals surface area contributed by atoms with Crippen molar-refractivity contribution in [1.82, 2.24) is 15.0 Å². The van der Waals surface area contributed by atoms with Crippen LogP contribution in [0.4, 0.5) is 5.69 Å². The van der Waals surface area contributed by atoms with Crippen LogP contribution in [0.3, 0.4) is 0 Å². The van der Waals surface area contributed by atoms with Crippen LogP contribution in [0.1, 0.15) is 16.3 Å². The van der Waals surface area contributed by atoms with Crippen molar-refractivity contribution in [2.45, 2.75) is 6.42 Å². The first kappa shape index (κ1) is 11.1. The summed E-state index contributed by atoms with van der Waals surface area (Å²) in [6, 6.07) is 3.42. The van der Waals surface area contributed by atoms with Crippen molar-refractivity contribution in [2.24, 2.45) is 5.73 Å². The van der Waals surface area contributed by atoms with Gasteiger partial charge in [-0.25, -0.2) is 4.98 Å². The Labute approximate surface area is 98.3 Å². The molecule has 0 radical (unpaired) electrons. The Hall–Kier alpha value is -2.37. The third-order valence-electron chi connectivity index (χ3n) is 2.26. The number of carbonyl (C=O) groups is 1. The molecule has 1 amide bonds. The third-order valence-corrected chi connectivity index (χ3v) is 2.26. The minimum absolute atomic E-state index is 0.257. The van der Waals surface area contributed by atoms with Crippen molar-refractivity contribution in [2.75, 3.05) is 11.9 Å². The van der Waals surface area contributed by atoms with E-state index in [0.29, 0.717) is 0 Å². The van der Waals surface area contributed by atoms with E-state index >= 15 is 0 Å². The Morgan fingerprint density at radius 1 is 1.41 bits per heavy atom. The number of anilines is 1. The molecule has 0 unspecified atom stereocenters. The number of nitrogens with one attached hydrogen (secondary N) is 2. The largest absolute Gasteiger partial charge is 0.384 e. The van der Waals surface area contributed by atoms with Crippen LogP contribution in [0.25, 0.3) is 0 Å². The second kappa shape index (κ2) is 5.11. The van der Waals surface area contributed by atoms with Gasteiger partial charge in [-0.15, -0.1) is 0 Å². The number of imidazole rings is 1. The Morgan fingerprint density at radius 2 is 2.29 bits per heavy atom. The highest BCUT2D eigenvalue weighted by Crippen LogP contribution is 2.07. The van der Waals surface area contributed by atoms with Crippen LogP contribution in [-0.2, 0) is 6.42 Å². The summed E-state index contributed by atoms with van der Waals surface area (Å²) in [5.74, 6) is 0.390. The maximum absolute atomic E-state index is 10.9. The molecule has 6 nitrogen and oxygen atoms in total. The van der Waals surface area contributed by atoms with Gasteiger partial charge in [0.25, 0.3) is 5.91 Å². The van der Waals surface area contributed by atoms with Crippen molar-refractivity contribution in [3.8, 4) is 0 Å². The van der Waals surface area contributed by atoms with Crippen molar-refractivity contribution >= 4 is 11.6 Å². The Bertz CT molecular complexity index is 494. The fraction of sp³-hybridized carbons (Fsp3) is 0.182. The van der Waals surface area contributed by atoms with Crippen LogP contribution in [0, 0.1) is 0 Å². The summed E-state index contributed by atoms with van der Waals surface area (Å²) in [6.07, 6.45) is 5.83. The van der Waals surface area contributed by atoms with Gasteiger partial charge in [-0.1, -0.05) is 0 Å². The lowest BCUT2D eigenvalue weighted by atomic mass is 10.3. The summed E-state index contributed by atoms with van der Waals surface area (Å²) in [7, 11) is 0. The third kappa shape index (κ3) is 3.04. The zero-order chi connectivity index (χ0) is 12.1. The normalized spacial score (nSPS) is 10.1. The van der Waals surface area contributed by atoms with E-state index in [9.17, 15) is 4.79 Å². The summed E-state index contributed by atoms with van der Waals surface area (Å²) < 4.78 is 0. The zero-order valence-corrected chi connectivity index (χ0v) is 9.18. The van der Waals surface area contributed by atoms with Crippen LogP contribution in [-0.4, -0.2) is 27.4 Å². The molecule has 0 saturated carbocycles. The van der Waals surface area contributed by atoms with E-state index in [1.165, 1.54) is 0 Å². The quantitative estimate of drug-likeness (QED) is 0.700. The molecule has 0 spiro atoms. The number of hydrogen-bond donors (Lipinski definition) is 3. The first-order chi connectivity index (χ1) is 8.25. The van der Waals surface area contributed by atoms with Gasteiger partial charge in [0, 0.05) is 37.2 Å². The molecule has 2 aromatic heterocycles. The summed E-state index contributed by atoms with van der Waals surface area (Å²) in [6.45, 7) is 0.718. The Kier molecular flexibility index (Phi) is 3.34. The molecule has 0 aliphatic rings. The van der Waals surface area contributed by atoms with E-state index < -0.39 is 5.91 Å². The first-order valence-corrected chi connectivity index (χ1v) is 5.23. The highest BCUT2D eigenvalue weighted by molar-refractivity contribution is 5.91. The molecule has 0 atom stereocenters. The zero-order valence-electron chi connectivity index (χ0n) is 9.18.